The van der Waals surface area contributed by atoms with Crippen molar-refractivity contribution in [2.45, 2.75) is 52.1 Å². The Balaban J connectivity index is 1.58. The molecule has 25 heavy (non-hydrogen) atoms. The van der Waals surface area contributed by atoms with Crippen molar-refractivity contribution < 1.29 is 4.52 Å². The van der Waals surface area contributed by atoms with Gasteiger partial charge in [0.2, 0.25) is 5.89 Å². The monoisotopic (exact) mass is 337 g/mol. The van der Waals surface area contributed by atoms with E-state index in [2.05, 4.69) is 35.0 Å². The van der Waals surface area contributed by atoms with E-state index in [1.807, 2.05) is 25.1 Å². The third-order valence-corrected chi connectivity index (χ3v) is 4.80. The van der Waals surface area contributed by atoms with Crippen molar-refractivity contribution >= 4 is 10.9 Å². The minimum absolute atomic E-state index is 0.187. The van der Waals surface area contributed by atoms with Gasteiger partial charge in [-0.2, -0.15) is 4.98 Å². The van der Waals surface area contributed by atoms with Gasteiger partial charge in [-0.3, -0.25) is 4.90 Å². The summed E-state index contributed by atoms with van der Waals surface area (Å²) in [5.41, 5.74) is 2.03. The van der Waals surface area contributed by atoms with Crippen molar-refractivity contribution in [2.24, 2.45) is 0 Å². The van der Waals surface area contributed by atoms with Crippen molar-refractivity contribution in [2.75, 3.05) is 6.54 Å². The average Bonchev–Trinajstić information content (AvgIpc) is 3.24. The summed E-state index contributed by atoms with van der Waals surface area (Å²) in [6, 6.07) is 8.34. The summed E-state index contributed by atoms with van der Waals surface area (Å²) in [4.78, 5) is 16.4. The van der Waals surface area contributed by atoms with Crippen molar-refractivity contribution in [3.8, 4) is 0 Å². The molecule has 1 aliphatic heterocycles. The minimum Gasteiger partial charge on any atom is -0.339 e. The Morgan fingerprint density at radius 1 is 1.20 bits per heavy atom. The molecule has 0 unspecified atom stereocenters. The fraction of sp³-hybridized carbons (Fsp3) is 0.474. The van der Waals surface area contributed by atoms with E-state index < -0.39 is 0 Å². The van der Waals surface area contributed by atoms with Crippen LogP contribution < -0.4 is 0 Å². The highest BCUT2D eigenvalue weighted by molar-refractivity contribution is 5.80. The van der Waals surface area contributed by atoms with Crippen molar-refractivity contribution in [1.29, 1.82) is 0 Å². The normalized spacial score (nSPS) is 18.5. The molecule has 3 heterocycles. The molecular formula is C19H23N5O. The molecule has 1 fully saturated rings. The number of aryl methyl sites for hydroxylation is 1. The SMILES string of the molecule is Cc1nc(CN2CCC[C@@H]2c2noc(C(C)C)n2)nc2ccccc12. The third kappa shape index (κ3) is 3.14. The Morgan fingerprint density at radius 3 is 2.84 bits per heavy atom. The minimum atomic E-state index is 0.187. The van der Waals surface area contributed by atoms with Crippen LogP contribution >= 0.6 is 0 Å². The molecule has 2 aromatic heterocycles. The Kier molecular flexibility index (Phi) is 4.21. The van der Waals surface area contributed by atoms with Gasteiger partial charge in [0, 0.05) is 17.0 Å². The quantitative estimate of drug-likeness (QED) is 0.721. The van der Waals surface area contributed by atoms with Crippen LogP contribution in [-0.2, 0) is 6.54 Å². The molecule has 6 nitrogen and oxygen atoms in total. The average molecular weight is 337 g/mol. The zero-order valence-corrected chi connectivity index (χ0v) is 14.9. The molecule has 1 aromatic carbocycles. The van der Waals surface area contributed by atoms with Crippen LogP contribution in [0.2, 0.25) is 0 Å². The second-order valence-corrected chi connectivity index (χ2v) is 7.02. The number of hydrogen-bond acceptors (Lipinski definition) is 6. The number of likely N-dealkylation sites (tertiary alicyclic amines) is 1. The number of rotatable bonds is 4. The van der Waals surface area contributed by atoms with Crippen LogP contribution in [0.25, 0.3) is 10.9 Å². The van der Waals surface area contributed by atoms with E-state index >= 15 is 0 Å². The molecule has 6 heteroatoms. The maximum absolute atomic E-state index is 5.39. The number of nitrogens with zero attached hydrogens (tertiary/aromatic N) is 5. The highest BCUT2D eigenvalue weighted by Crippen LogP contribution is 2.32. The van der Waals surface area contributed by atoms with Crippen LogP contribution in [0.1, 0.15) is 61.9 Å². The van der Waals surface area contributed by atoms with Crippen LogP contribution in [0.3, 0.4) is 0 Å². The van der Waals surface area contributed by atoms with E-state index in [0.29, 0.717) is 12.4 Å². The molecule has 1 saturated heterocycles. The zero-order chi connectivity index (χ0) is 17.4. The molecule has 1 aliphatic rings. The van der Waals surface area contributed by atoms with E-state index in [1.165, 1.54) is 0 Å². The Hall–Kier alpha value is -2.34. The van der Waals surface area contributed by atoms with Gasteiger partial charge in [0.05, 0.1) is 18.1 Å². The molecule has 0 spiro atoms. The van der Waals surface area contributed by atoms with Crippen LogP contribution in [-0.4, -0.2) is 31.6 Å². The second kappa shape index (κ2) is 6.52. The summed E-state index contributed by atoms with van der Waals surface area (Å²) in [5.74, 6) is 2.61. The molecule has 0 amide bonds. The molecule has 130 valence electrons. The predicted octanol–water partition coefficient (Wildman–Crippen LogP) is 3.78. The Bertz CT molecular complexity index is 888. The van der Waals surface area contributed by atoms with Crippen molar-refractivity contribution in [1.82, 2.24) is 25.0 Å². The maximum Gasteiger partial charge on any atom is 0.229 e. The topological polar surface area (TPSA) is 67.9 Å². The number of benzene rings is 1. The molecule has 0 bridgehead atoms. The van der Waals surface area contributed by atoms with E-state index in [-0.39, 0.29) is 12.0 Å². The molecule has 3 aromatic rings. The van der Waals surface area contributed by atoms with E-state index in [0.717, 1.165) is 47.6 Å². The van der Waals surface area contributed by atoms with Crippen molar-refractivity contribution in [3.05, 3.63) is 47.5 Å². The fourth-order valence-electron chi connectivity index (χ4n) is 3.47. The highest BCUT2D eigenvalue weighted by Gasteiger charge is 2.31. The van der Waals surface area contributed by atoms with E-state index in [1.54, 1.807) is 0 Å². The number of aromatic nitrogens is 4. The van der Waals surface area contributed by atoms with Crippen LogP contribution in [0.5, 0.6) is 0 Å². The molecule has 4 rings (SSSR count). The molecule has 0 N–H and O–H groups in total. The lowest BCUT2D eigenvalue weighted by Crippen LogP contribution is -2.25. The summed E-state index contributed by atoms with van der Waals surface area (Å²) < 4.78 is 5.39. The van der Waals surface area contributed by atoms with Crippen LogP contribution in [0, 0.1) is 6.92 Å². The first-order valence-electron chi connectivity index (χ1n) is 8.91. The smallest absolute Gasteiger partial charge is 0.229 e. The summed E-state index contributed by atoms with van der Waals surface area (Å²) in [5, 5.41) is 5.32. The lowest BCUT2D eigenvalue weighted by atomic mass is 10.2. The maximum atomic E-state index is 5.39. The van der Waals surface area contributed by atoms with Gasteiger partial charge >= 0.3 is 0 Å². The van der Waals surface area contributed by atoms with Gasteiger partial charge in [-0.05, 0) is 32.4 Å². The first-order valence-corrected chi connectivity index (χ1v) is 8.91. The molecule has 0 radical (unpaired) electrons. The van der Waals surface area contributed by atoms with E-state index in [9.17, 15) is 0 Å². The van der Waals surface area contributed by atoms with Gasteiger partial charge in [-0.1, -0.05) is 37.2 Å². The molecular weight excluding hydrogens is 314 g/mol. The lowest BCUT2D eigenvalue weighted by Gasteiger charge is -2.21. The van der Waals surface area contributed by atoms with Gasteiger partial charge in [-0.15, -0.1) is 0 Å². The van der Waals surface area contributed by atoms with Gasteiger partial charge in [0.15, 0.2) is 5.82 Å². The molecule has 0 saturated carbocycles. The summed E-state index contributed by atoms with van der Waals surface area (Å²) in [7, 11) is 0. The number of para-hydroxylation sites is 1. The highest BCUT2D eigenvalue weighted by atomic mass is 16.5. The van der Waals surface area contributed by atoms with Gasteiger partial charge in [0.25, 0.3) is 0 Å². The largest absolute Gasteiger partial charge is 0.339 e. The first kappa shape index (κ1) is 16.1. The summed E-state index contributed by atoms with van der Waals surface area (Å²) in [6.07, 6.45) is 2.17. The second-order valence-electron chi connectivity index (χ2n) is 7.02. The zero-order valence-electron chi connectivity index (χ0n) is 14.9. The summed E-state index contributed by atoms with van der Waals surface area (Å²) >= 11 is 0. The van der Waals surface area contributed by atoms with Gasteiger partial charge in [-0.25, -0.2) is 9.97 Å². The number of fused-ring (bicyclic) bond motifs is 1. The first-order chi connectivity index (χ1) is 12.1. The lowest BCUT2D eigenvalue weighted by molar-refractivity contribution is 0.228. The van der Waals surface area contributed by atoms with E-state index in [4.69, 9.17) is 14.5 Å². The third-order valence-electron chi connectivity index (χ3n) is 4.80. The fourth-order valence-corrected chi connectivity index (χ4v) is 3.47. The van der Waals surface area contributed by atoms with Gasteiger partial charge in [0.1, 0.15) is 5.82 Å². The van der Waals surface area contributed by atoms with Crippen molar-refractivity contribution in [3.63, 3.8) is 0 Å². The van der Waals surface area contributed by atoms with Crippen LogP contribution in [0.15, 0.2) is 28.8 Å². The summed E-state index contributed by atoms with van der Waals surface area (Å²) in [6.45, 7) is 7.89. The standard InChI is InChI=1S/C19H23N5O/c1-12(2)19-22-18(23-25-19)16-9-6-10-24(16)11-17-20-13(3)14-7-4-5-8-15(14)21-17/h4-5,7-8,12,16H,6,9-11H2,1-3H3/t16-/m1/s1. The van der Waals surface area contributed by atoms with Gasteiger partial charge < -0.3 is 4.52 Å². The Morgan fingerprint density at radius 2 is 2.04 bits per heavy atom. The molecule has 1 atom stereocenters. The number of hydrogen-bond donors (Lipinski definition) is 0. The Labute approximate surface area is 147 Å². The van der Waals surface area contributed by atoms with Crippen LogP contribution in [0.4, 0.5) is 0 Å². The predicted molar refractivity (Wildman–Crippen MR) is 95.0 cm³/mol. The molecule has 0 aliphatic carbocycles.